The lowest BCUT2D eigenvalue weighted by atomic mass is 9.46. The average Bonchev–Trinajstić information content (AvgIpc) is 3.22. The van der Waals surface area contributed by atoms with Crippen LogP contribution in [0.15, 0.2) is 12.7 Å². The number of fused-ring (bicyclic) bond motifs is 2. The van der Waals surface area contributed by atoms with E-state index in [-0.39, 0.29) is 24.0 Å². The second kappa shape index (κ2) is 6.35. The van der Waals surface area contributed by atoms with E-state index in [0.29, 0.717) is 17.8 Å². The molecule has 1 amide bonds. The molecule has 6 aliphatic carbocycles. The topological polar surface area (TPSA) is 55.4 Å². The number of esters is 1. The molecule has 0 aromatic heterocycles. The lowest BCUT2D eigenvalue weighted by molar-refractivity contribution is -0.234. The number of amides is 1. The Morgan fingerprint density at radius 3 is 2.19 bits per heavy atom. The molecule has 0 aliphatic heterocycles. The molecule has 6 aliphatic rings. The van der Waals surface area contributed by atoms with E-state index < -0.39 is 0 Å². The fourth-order valence-electron chi connectivity index (χ4n) is 8.35. The molecule has 0 spiro atoms. The fourth-order valence-corrected chi connectivity index (χ4v) is 8.35. The zero-order chi connectivity index (χ0) is 18.8. The second-order valence-electron chi connectivity index (χ2n) is 10.4. The number of carbonyl (C=O) groups is 2. The summed E-state index contributed by atoms with van der Waals surface area (Å²) >= 11 is 0. The highest BCUT2D eigenvalue weighted by molar-refractivity contribution is 5.89. The van der Waals surface area contributed by atoms with Gasteiger partial charge in [-0.15, -0.1) is 0 Å². The van der Waals surface area contributed by atoms with Gasteiger partial charge in [-0.3, -0.25) is 9.59 Å². The molecule has 6 rings (SSSR count). The molecule has 1 N–H and O–H groups in total. The third-order valence-corrected chi connectivity index (χ3v) is 9.09. The van der Waals surface area contributed by atoms with E-state index in [0.717, 1.165) is 29.6 Å². The van der Waals surface area contributed by atoms with E-state index >= 15 is 0 Å². The Morgan fingerprint density at radius 1 is 1.00 bits per heavy atom. The van der Waals surface area contributed by atoms with Crippen molar-refractivity contribution in [3.8, 4) is 0 Å². The quantitative estimate of drug-likeness (QED) is 0.592. The third-order valence-electron chi connectivity index (χ3n) is 9.09. The van der Waals surface area contributed by atoms with Crippen molar-refractivity contribution in [2.75, 3.05) is 6.54 Å². The van der Waals surface area contributed by atoms with Crippen molar-refractivity contribution in [3.63, 3.8) is 0 Å². The number of rotatable bonds is 5. The van der Waals surface area contributed by atoms with Gasteiger partial charge in [0, 0.05) is 5.92 Å². The number of ether oxygens (including phenoxy) is 1. The highest BCUT2D eigenvalue weighted by atomic mass is 16.6. The molecule has 0 saturated heterocycles. The molecule has 27 heavy (non-hydrogen) atoms. The predicted octanol–water partition coefficient (Wildman–Crippen LogP) is 3.71. The Kier molecular flexibility index (Phi) is 4.18. The normalized spacial score (nSPS) is 49.2. The standard InChI is InChI=1S/C23H33NO3/c1-3-21(25)24-12-22(26)27-23(20-11-16-10-17(20)4-13(16)2)18-6-14-5-15(8-18)9-19(23)7-14/h3,13-20H,1,4-12H2,2H3,(H,24,25). The fraction of sp³-hybridized carbons (Fsp3) is 0.826. The number of hydrogen-bond donors (Lipinski definition) is 1. The minimum atomic E-state index is -0.306. The van der Waals surface area contributed by atoms with Gasteiger partial charge < -0.3 is 10.1 Å². The van der Waals surface area contributed by atoms with Gasteiger partial charge in [0.15, 0.2) is 0 Å². The van der Waals surface area contributed by atoms with Crippen LogP contribution in [0.1, 0.15) is 58.3 Å². The van der Waals surface area contributed by atoms with Crippen LogP contribution in [0.4, 0.5) is 0 Å². The van der Waals surface area contributed by atoms with Crippen LogP contribution < -0.4 is 5.32 Å². The zero-order valence-corrected chi connectivity index (χ0v) is 16.5. The van der Waals surface area contributed by atoms with Crippen LogP contribution in [0.25, 0.3) is 0 Å². The van der Waals surface area contributed by atoms with Gasteiger partial charge in [-0.2, -0.15) is 0 Å². The molecule has 6 fully saturated rings. The van der Waals surface area contributed by atoms with Crippen LogP contribution in [0.2, 0.25) is 0 Å². The summed E-state index contributed by atoms with van der Waals surface area (Å²) in [6.07, 6.45) is 11.5. The SMILES string of the molecule is C=CC(=O)NCC(=O)OC1(C2CC3CC2CC3C)C2CC3CC(C2)CC1C3. The summed E-state index contributed by atoms with van der Waals surface area (Å²) in [4.78, 5) is 24.3. The highest BCUT2D eigenvalue weighted by Crippen LogP contribution is 2.67. The zero-order valence-electron chi connectivity index (χ0n) is 16.5. The average molecular weight is 372 g/mol. The van der Waals surface area contributed by atoms with E-state index in [9.17, 15) is 9.59 Å². The minimum Gasteiger partial charge on any atom is -0.457 e. The lowest BCUT2D eigenvalue weighted by Gasteiger charge is -2.63. The van der Waals surface area contributed by atoms with Crippen molar-refractivity contribution < 1.29 is 14.3 Å². The Bertz CT molecular complexity index is 626. The van der Waals surface area contributed by atoms with Gasteiger partial charge in [-0.05, 0) is 98.9 Å². The van der Waals surface area contributed by atoms with Crippen LogP contribution in [0, 0.1) is 47.3 Å². The van der Waals surface area contributed by atoms with Gasteiger partial charge in [-0.1, -0.05) is 13.5 Å². The van der Waals surface area contributed by atoms with Crippen LogP contribution in [0.3, 0.4) is 0 Å². The van der Waals surface area contributed by atoms with Crippen LogP contribution >= 0.6 is 0 Å². The summed E-state index contributed by atoms with van der Waals surface area (Å²) in [5, 5.41) is 2.62. The summed E-state index contributed by atoms with van der Waals surface area (Å²) in [7, 11) is 0. The molecule has 4 atom stereocenters. The van der Waals surface area contributed by atoms with Gasteiger partial charge in [0.1, 0.15) is 12.1 Å². The molecule has 6 saturated carbocycles. The summed E-state index contributed by atoms with van der Waals surface area (Å²) < 4.78 is 6.49. The van der Waals surface area contributed by atoms with Crippen molar-refractivity contribution in [1.29, 1.82) is 0 Å². The van der Waals surface area contributed by atoms with Crippen molar-refractivity contribution in [3.05, 3.63) is 12.7 Å². The van der Waals surface area contributed by atoms with E-state index in [1.54, 1.807) is 0 Å². The Labute approximate surface area is 162 Å². The van der Waals surface area contributed by atoms with Gasteiger partial charge in [0.25, 0.3) is 0 Å². The maximum Gasteiger partial charge on any atom is 0.326 e. The Morgan fingerprint density at radius 2 is 1.67 bits per heavy atom. The first-order chi connectivity index (χ1) is 13.0. The summed E-state index contributed by atoms with van der Waals surface area (Å²) in [6.45, 7) is 5.83. The van der Waals surface area contributed by atoms with E-state index in [1.807, 2.05) is 0 Å². The smallest absolute Gasteiger partial charge is 0.326 e. The lowest BCUT2D eigenvalue weighted by Crippen LogP contribution is -2.64. The van der Waals surface area contributed by atoms with Gasteiger partial charge >= 0.3 is 5.97 Å². The first-order valence-electron chi connectivity index (χ1n) is 11.1. The van der Waals surface area contributed by atoms with Crippen LogP contribution in [-0.2, 0) is 14.3 Å². The summed E-state index contributed by atoms with van der Waals surface area (Å²) in [6, 6.07) is 0. The maximum absolute atomic E-state index is 12.8. The summed E-state index contributed by atoms with van der Waals surface area (Å²) in [5.41, 5.74) is -0.247. The molecule has 4 unspecified atom stereocenters. The van der Waals surface area contributed by atoms with Gasteiger partial charge in [0.2, 0.25) is 5.91 Å². The van der Waals surface area contributed by atoms with E-state index in [4.69, 9.17) is 4.74 Å². The monoisotopic (exact) mass is 371 g/mol. The molecule has 0 aromatic rings. The molecular weight excluding hydrogens is 338 g/mol. The van der Waals surface area contributed by atoms with Crippen LogP contribution in [0.5, 0.6) is 0 Å². The van der Waals surface area contributed by atoms with E-state index in [1.165, 1.54) is 57.4 Å². The molecule has 148 valence electrons. The molecule has 0 aromatic carbocycles. The molecule has 4 heteroatoms. The maximum atomic E-state index is 12.8. The molecule has 4 nitrogen and oxygen atoms in total. The second-order valence-corrected chi connectivity index (χ2v) is 10.4. The van der Waals surface area contributed by atoms with Crippen molar-refractivity contribution in [2.24, 2.45) is 47.3 Å². The van der Waals surface area contributed by atoms with Crippen molar-refractivity contribution in [1.82, 2.24) is 5.32 Å². The number of carbonyl (C=O) groups excluding carboxylic acids is 2. The minimum absolute atomic E-state index is 0.0316. The largest absolute Gasteiger partial charge is 0.457 e. The number of nitrogens with one attached hydrogen (secondary N) is 1. The first kappa shape index (κ1) is 17.8. The van der Waals surface area contributed by atoms with Crippen molar-refractivity contribution in [2.45, 2.75) is 63.9 Å². The molecule has 0 radical (unpaired) electrons. The third kappa shape index (κ3) is 2.69. The highest BCUT2D eigenvalue weighted by Gasteiger charge is 2.66. The summed E-state index contributed by atoms with van der Waals surface area (Å²) in [5.74, 6) is 5.21. The van der Waals surface area contributed by atoms with Crippen LogP contribution in [-0.4, -0.2) is 24.0 Å². The number of hydrogen-bond acceptors (Lipinski definition) is 3. The molecule has 0 heterocycles. The molecular formula is C23H33NO3. The van der Waals surface area contributed by atoms with E-state index in [2.05, 4.69) is 18.8 Å². The predicted molar refractivity (Wildman–Crippen MR) is 103 cm³/mol. The Balaban J connectivity index is 1.41. The van der Waals surface area contributed by atoms with Crippen molar-refractivity contribution >= 4 is 11.9 Å². The Hall–Kier alpha value is -1.32. The van der Waals surface area contributed by atoms with Gasteiger partial charge in [0.05, 0.1) is 0 Å². The van der Waals surface area contributed by atoms with Gasteiger partial charge in [-0.25, -0.2) is 0 Å². The molecule has 6 bridgehead atoms. The first-order valence-corrected chi connectivity index (χ1v) is 11.1.